The largest absolute Gasteiger partial charge is 0.351 e. The molecule has 116 valence electrons. The van der Waals surface area contributed by atoms with Crippen LogP contribution in [-0.4, -0.2) is 27.9 Å². The highest BCUT2D eigenvalue weighted by atomic mass is 35.5. The predicted molar refractivity (Wildman–Crippen MR) is 87.2 cm³/mol. The van der Waals surface area contributed by atoms with E-state index >= 15 is 0 Å². The number of nitrogens with one attached hydrogen (secondary N) is 2. The minimum atomic E-state index is -0.0242. The summed E-state index contributed by atoms with van der Waals surface area (Å²) < 4.78 is 1.95. The van der Waals surface area contributed by atoms with Crippen molar-refractivity contribution in [3.05, 3.63) is 36.3 Å². The van der Waals surface area contributed by atoms with Gasteiger partial charge in [0.05, 0.1) is 6.04 Å². The molecule has 1 aliphatic heterocycles. The fraction of sp³-hybridized carbons (Fsp3) is 0.429. The minimum absolute atomic E-state index is 0. The number of hydrogen-bond acceptors (Lipinski definition) is 3. The number of halogens is 2. The van der Waals surface area contributed by atoms with Crippen LogP contribution in [0.3, 0.4) is 0 Å². The molecule has 1 atom stereocenters. The predicted octanol–water partition coefficient (Wildman–Crippen LogP) is 1.94. The van der Waals surface area contributed by atoms with E-state index in [9.17, 15) is 4.79 Å². The Bertz CT molecular complexity index is 581. The first-order chi connectivity index (χ1) is 9.33. The van der Waals surface area contributed by atoms with Gasteiger partial charge in [-0.3, -0.25) is 4.79 Å². The van der Waals surface area contributed by atoms with Crippen LogP contribution in [0.25, 0.3) is 5.65 Å². The summed E-state index contributed by atoms with van der Waals surface area (Å²) in [6.45, 7) is 1.50. The molecule has 2 aromatic rings. The molecular formula is C14H20Cl2N4O. The van der Waals surface area contributed by atoms with Crippen LogP contribution in [0.2, 0.25) is 0 Å². The SMILES string of the molecule is Cl.Cl.O=C(NCc1ccn2ccnc2c1)[C@H]1CCCCN1. The van der Waals surface area contributed by atoms with Gasteiger partial charge in [-0.05, 0) is 37.1 Å². The number of fused-ring (bicyclic) bond motifs is 1. The number of carbonyl (C=O) groups is 1. The molecule has 0 saturated carbocycles. The van der Waals surface area contributed by atoms with E-state index in [1.807, 2.05) is 28.9 Å². The second-order valence-electron chi connectivity index (χ2n) is 4.95. The van der Waals surface area contributed by atoms with Crippen molar-refractivity contribution in [1.82, 2.24) is 20.0 Å². The lowest BCUT2D eigenvalue weighted by Gasteiger charge is -2.22. The standard InChI is InChI=1S/C14H18N4O.2ClH/c19-14(12-3-1-2-5-15-12)17-10-11-4-7-18-8-6-16-13(18)9-11;;/h4,6-9,12,15H,1-3,5,10H2,(H,17,19);2*1H/t12-;;/m1../s1. The number of piperidine rings is 1. The topological polar surface area (TPSA) is 58.4 Å². The van der Waals surface area contributed by atoms with Crippen LogP contribution in [0.5, 0.6) is 0 Å². The van der Waals surface area contributed by atoms with Gasteiger partial charge in [-0.1, -0.05) is 6.42 Å². The number of rotatable bonds is 3. The number of aromatic nitrogens is 2. The molecule has 0 aliphatic carbocycles. The van der Waals surface area contributed by atoms with Crippen molar-refractivity contribution in [2.45, 2.75) is 31.8 Å². The fourth-order valence-electron chi connectivity index (χ4n) is 2.45. The zero-order chi connectivity index (χ0) is 13.1. The van der Waals surface area contributed by atoms with Gasteiger partial charge in [-0.25, -0.2) is 4.98 Å². The van der Waals surface area contributed by atoms with E-state index in [1.54, 1.807) is 6.20 Å². The Morgan fingerprint density at radius 3 is 3.00 bits per heavy atom. The Morgan fingerprint density at radius 2 is 2.24 bits per heavy atom. The summed E-state index contributed by atoms with van der Waals surface area (Å²) in [6.07, 6.45) is 8.87. The summed E-state index contributed by atoms with van der Waals surface area (Å²) in [6, 6.07) is 3.97. The molecule has 3 rings (SSSR count). The average Bonchev–Trinajstić information content (AvgIpc) is 2.93. The highest BCUT2D eigenvalue weighted by Gasteiger charge is 2.19. The molecule has 0 bridgehead atoms. The van der Waals surface area contributed by atoms with Crippen LogP contribution in [-0.2, 0) is 11.3 Å². The minimum Gasteiger partial charge on any atom is -0.351 e. The maximum absolute atomic E-state index is 12.0. The summed E-state index contributed by atoms with van der Waals surface area (Å²) in [5, 5.41) is 6.24. The normalized spacial score (nSPS) is 17.6. The second-order valence-corrected chi connectivity index (χ2v) is 4.95. The molecule has 0 unspecified atom stereocenters. The molecule has 1 fully saturated rings. The molecule has 7 heteroatoms. The van der Waals surface area contributed by atoms with Gasteiger partial charge < -0.3 is 15.0 Å². The first-order valence-electron chi connectivity index (χ1n) is 6.75. The zero-order valence-electron chi connectivity index (χ0n) is 11.6. The van der Waals surface area contributed by atoms with Gasteiger partial charge in [0, 0.05) is 25.1 Å². The van der Waals surface area contributed by atoms with Gasteiger partial charge in [-0.2, -0.15) is 0 Å². The average molecular weight is 331 g/mol. The molecule has 2 N–H and O–H groups in total. The van der Waals surface area contributed by atoms with Gasteiger partial charge in [0.2, 0.25) is 5.91 Å². The van der Waals surface area contributed by atoms with E-state index in [1.165, 1.54) is 6.42 Å². The molecule has 0 radical (unpaired) electrons. The third-order valence-electron chi connectivity index (χ3n) is 3.56. The van der Waals surface area contributed by atoms with Crippen molar-refractivity contribution in [2.24, 2.45) is 0 Å². The summed E-state index contributed by atoms with van der Waals surface area (Å²) in [5.41, 5.74) is 1.98. The lowest BCUT2D eigenvalue weighted by molar-refractivity contribution is -0.123. The summed E-state index contributed by atoms with van der Waals surface area (Å²) in [5.74, 6) is 0.0999. The highest BCUT2D eigenvalue weighted by molar-refractivity contribution is 5.85. The molecular weight excluding hydrogens is 311 g/mol. The van der Waals surface area contributed by atoms with Crippen LogP contribution in [0.4, 0.5) is 0 Å². The first kappa shape index (κ1) is 17.8. The number of carbonyl (C=O) groups excluding carboxylic acids is 1. The summed E-state index contributed by atoms with van der Waals surface area (Å²) >= 11 is 0. The quantitative estimate of drug-likeness (QED) is 0.904. The van der Waals surface area contributed by atoms with E-state index in [-0.39, 0.29) is 36.8 Å². The van der Waals surface area contributed by atoms with Gasteiger partial charge in [-0.15, -0.1) is 24.8 Å². The van der Waals surface area contributed by atoms with Gasteiger partial charge in [0.15, 0.2) is 0 Å². The lowest BCUT2D eigenvalue weighted by Crippen LogP contribution is -2.46. The van der Waals surface area contributed by atoms with Gasteiger partial charge in [0.1, 0.15) is 5.65 Å². The second kappa shape index (κ2) is 8.22. The van der Waals surface area contributed by atoms with Crippen molar-refractivity contribution >= 4 is 36.4 Å². The van der Waals surface area contributed by atoms with E-state index in [0.29, 0.717) is 6.54 Å². The number of imidazole rings is 1. The smallest absolute Gasteiger partial charge is 0.237 e. The van der Waals surface area contributed by atoms with E-state index in [4.69, 9.17) is 0 Å². The van der Waals surface area contributed by atoms with Crippen molar-refractivity contribution in [3.8, 4) is 0 Å². The van der Waals surface area contributed by atoms with Crippen LogP contribution >= 0.6 is 24.8 Å². The Hall–Kier alpha value is -1.30. The molecule has 21 heavy (non-hydrogen) atoms. The number of hydrogen-bond donors (Lipinski definition) is 2. The van der Waals surface area contributed by atoms with Crippen molar-refractivity contribution in [3.63, 3.8) is 0 Å². The van der Waals surface area contributed by atoms with E-state index in [0.717, 1.165) is 30.6 Å². The van der Waals surface area contributed by atoms with Gasteiger partial charge in [0.25, 0.3) is 0 Å². The molecule has 5 nitrogen and oxygen atoms in total. The number of pyridine rings is 1. The zero-order valence-corrected chi connectivity index (χ0v) is 13.3. The lowest BCUT2D eigenvalue weighted by atomic mass is 10.0. The molecule has 1 saturated heterocycles. The maximum Gasteiger partial charge on any atom is 0.237 e. The van der Waals surface area contributed by atoms with Crippen molar-refractivity contribution in [1.29, 1.82) is 0 Å². The third-order valence-corrected chi connectivity index (χ3v) is 3.56. The monoisotopic (exact) mass is 330 g/mol. The van der Waals surface area contributed by atoms with E-state index < -0.39 is 0 Å². The van der Waals surface area contributed by atoms with Crippen LogP contribution < -0.4 is 10.6 Å². The molecule has 0 spiro atoms. The summed E-state index contributed by atoms with van der Waals surface area (Å²) in [4.78, 5) is 16.2. The Morgan fingerprint density at radius 1 is 1.38 bits per heavy atom. The summed E-state index contributed by atoms with van der Waals surface area (Å²) in [7, 11) is 0. The first-order valence-corrected chi connectivity index (χ1v) is 6.75. The fourth-order valence-corrected chi connectivity index (χ4v) is 2.45. The third kappa shape index (κ3) is 4.33. The van der Waals surface area contributed by atoms with E-state index in [2.05, 4.69) is 15.6 Å². The number of nitrogens with zero attached hydrogens (tertiary/aromatic N) is 2. The molecule has 3 heterocycles. The van der Waals surface area contributed by atoms with Crippen molar-refractivity contribution < 1.29 is 4.79 Å². The maximum atomic E-state index is 12.0. The van der Waals surface area contributed by atoms with Gasteiger partial charge >= 0.3 is 0 Å². The van der Waals surface area contributed by atoms with Crippen LogP contribution in [0, 0.1) is 0 Å². The molecule has 1 amide bonds. The Labute approximate surface area is 136 Å². The molecule has 2 aromatic heterocycles. The number of amides is 1. The molecule has 0 aromatic carbocycles. The van der Waals surface area contributed by atoms with Crippen molar-refractivity contribution in [2.75, 3.05) is 6.54 Å². The van der Waals surface area contributed by atoms with Crippen LogP contribution in [0.1, 0.15) is 24.8 Å². The van der Waals surface area contributed by atoms with Crippen LogP contribution in [0.15, 0.2) is 30.7 Å². The molecule has 1 aliphatic rings. The Balaban J connectivity index is 0.00000110. The highest BCUT2D eigenvalue weighted by Crippen LogP contribution is 2.08. The Kier molecular flexibility index (Phi) is 6.95.